The highest BCUT2D eigenvalue weighted by atomic mass is 16.2. The lowest BCUT2D eigenvalue weighted by atomic mass is 9.83. The number of carbonyl (C=O) groups is 1. The van der Waals surface area contributed by atoms with Gasteiger partial charge in [-0.2, -0.15) is 0 Å². The third-order valence-corrected chi connectivity index (χ3v) is 4.47. The Morgan fingerprint density at radius 2 is 2.05 bits per heavy atom. The van der Waals surface area contributed by atoms with E-state index in [0.717, 1.165) is 32.1 Å². The van der Waals surface area contributed by atoms with Gasteiger partial charge in [0.1, 0.15) is 0 Å². The molecule has 0 aromatic heterocycles. The van der Waals surface area contributed by atoms with Crippen molar-refractivity contribution >= 4 is 5.91 Å². The summed E-state index contributed by atoms with van der Waals surface area (Å²) in [5.74, 6) is 0.287. The monoisotopic (exact) mass is 289 g/mol. The van der Waals surface area contributed by atoms with Crippen LogP contribution < -0.4 is 5.32 Å². The van der Waals surface area contributed by atoms with Crippen molar-refractivity contribution in [3.63, 3.8) is 0 Å². The number of carbonyl (C=O) groups excluding carboxylic acids is 1. The maximum Gasteiger partial charge on any atom is 0.223 e. The molecule has 0 saturated heterocycles. The highest BCUT2D eigenvalue weighted by molar-refractivity contribution is 5.79. The summed E-state index contributed by atoms with van der Waals surface area (Å²) < 4.78 is 0. The number of benzene rings is 1. The largest absolute Gasteiger partial charge is 0.396 e. The van der Waals surface area contributed by atoms with Gasteiger partial charge in [0.15, 0.2) is 0 Å². The summed E-state index contributed by atoms with van der Waals surface area (Å²) in [4.78, 5) is 12.4. The molecule has 0 bridgehead atoms. The van der Waals surface area contributed by atoms with E-state index in [2.05, 4.69) is 43.4 Å². The van der Waals surface area contributed by atoms with Gasteiger partial charge < -0.3 is 10.4 Å². The second-order valence-electron chi connectivity index (χ2n) is 6.92. The molecule has 1 aliphatic rings. The molecule has 3 heteroatoms. The highest BCUT2D eigenvalue weighted by Gasteiger charge is 2.26. The standard InChI is InChI=1S/C18H27NO2/c1-18(2,10-5-11-20)13-19-17(21)16-9-8-14-6-3-4-7-15(14)12-16/h3-4,6-7,16,20H,5,8-13H2,1-2H3,(H,19,21). The summed E-state index contributed by atoms with van der Waals surface area (Å²) >= 11 is 0. The molecule has 2 N–H and O–H groups in total. The third kappa shape index (κ3) is 4.57. The molecule has 1 unspecified atom stereocenters. The summed E-state index contributed by atoms with van der Waals surface area (Å²) in [6.45, 7) is 5.18. The van der Waals surface area contributed by atoms with Gasteiger partial charge in [0, 0.05) is 19.1 Å². The molecule has 1 aromatic carbocycles. The smallest absolute Gasteiger partial charge is 0.223 e. The minimum absolute atomic E-state index is 0.0466. The van der Waals surface area contributed by atoms with Gasteiger partial charge in [-0.1, -0.05) is 38.1 Å². The fourth-order valence-electron chi connectivity index (χ4n) is 3.04. The number of aliphatic hydroxyl groups excluding tert-OH is 1. The summed E-state index contributed by atoms with van der Waals surface area (Å²) in [5, 5.41) is 12.0. The molecule has 0 radical (unpaired) electrons. The minimum Gasteiger partial charge on any atom is -0.396 e. The van der Waals surface area contributed by atoms with Gasteiger partial charge in [0.2, 0.25) is 5.91 Å². The van der Waals surface area contributed by atoms with Crippen LogP contribution in [-0.2, 0) is 17.6 Å². The van der Waals surface area contributed by atoms with Crippen LogP contribution in [0, 0.1) is 11.3 Å². The second-order valence-corrected chi connectivity index (χ2v) is 6.92. The molecule has 1 aliphatic carbocycles. The SMILES string of the molecule is CC(C)(CCCO)CNC(=O)C1CCc2ccccc2C1. The molecule has 0 heterocycles. The zero-order valence-electron chi connectivity index (χ0n) is 13.2. The number of aryl methyl sites for hydroxylation is 1. The Balaban J connectivity index is 1.85. The van der Waals surface area contributed by atoms with Crippen LogP contribution in [0.4, 0.5) is 0 Å². The molecule has 0 fully saturated rings. The van der Waals surface area contributed by atoms with Crippen molar-refractivity contribution in [1.82, 2.24) is 5.32 Å². The van der Waals surface area contributed by atoms with Crippen LogP contribution in [0.25, 0.3) is 0 Å². The minimum atomic E-state index is 0.0466. The first-order valence-corrected chi connectivity index (χ1v) is 7.97. The van der Waals surface area contributed by atoms with Crippen molar-refractivity contribution in [3.05, 3.63) is 35.4 Å². The van der Waals surface area contributed by atoms with Gasteiger partial charge in [-0.15, -0.1) is 0 Å². The first-order chi connectivity index (χ1) is 10.0. The predicted octanol–water partition coefficient (Wildman–Crippen LogP) is 2.71. The summed E-state index contributed by atoms with van der Waals surface area (Å²) in [5.41, 5.74) is 2.76. The van der Waals surface area contributed by atoms with E-state index in [1.165, 1.54) is 11.1 Å². The average molecular weight is 289 g/mol. The molecule has 0 aliphatic heterocycles. The lowest BCUT2D eigenvalue weighted by molar-refractivity contribution is -0.125. The number of nitrogens with one attached hydrogen (secondary N) is 1. The van der Waals surface area contributed by atoms with Crippen molar-refractivity contribution in [3.8, 4) is 0 Å². The molecular formula is C18H27NO2. The Kier molecular flexibility index (Phi) is 5.40. The molecule has 21 heavy (non-hydrogen) atoms. The average Bonchev–Trinajstić information content (AvgIpc) is 2.50. The Hall–Kier alpha value is -1.35. The second kappa shape index (κ2) is 7.08. The lowest BCUT2D eigenvalue weighted by Crippen LogP contribution is -2.39. The Labute approximate surface area is 127 Å². The van der Waals surface area contributed by atoms with Gasteiger partial charge >= 0.3 is 0 Å². The molecule has 0 saturated carbocycles. The number of fused-ring (bicyclic) bond motifs is 1. The van der Waals surface area contributed by atoms with Gasteiger partial charge in [-0.3, -0.25) is 4.79 Å². The van der Waals surface area contributed by atoms with Crippen LogP contribution in [0.15, 0.2) is 24.3 Å². The topological polar surface area (TPSA) is 49.3 Å². The molecular weight excluding hydrogens is 262 g/mol. The molecule has 0 spiro atoms. The first kappa shape index (κ1) is 16.0. The van der Waals surface area contributed by atoms with E-state index < -0.39 is 0 Å². The number of rotatable bonds is 6. The Morgan fingerprint density at radius 1 is 1.33 bits per heavy atom. The van der Waals surface area contributed by atoms with Crippen molar-refractivity contribution in [2.75, 3.05) is 13.2 Å². The van der Waals surface area contributed by atoms with Crippen LogP contribution >= 0.6 is 0 Å². The van der Waals surface area contributed by atoms with Crippen LogP contribution in [0.3, 0.4) is 0 Å². The normalized spacial score (nSPS) is 18.1. The van der Waals surface area contributed by atoms with Crippen molar-refractivity contribution in [2.24, 2.45) is 11.3 Å². The molecule has 1 aromatic rings. The summed E-state index contributed by atoms with van der Waals surface area (Å²) in [6.07, 6.45) is 4.53. The van der Waals surface area contributed by atoms with E-state index in [9.17, 15) is 4.79 Å². The molecule has 116 valence electrons. The summed E-state index contributed by atoms with van der Waals surface area (Å²) in [6, 6.07) is 8.43. The lowest BCUT2D eigenvalue weighted by Gasteiger charge is -2.28. The van der Waals surface area contributed by atoms with E-state index in [1.807, 2.05) is 0 Å². The maximum atomic E-state index is 12.4. The molecule has 3 nitrogen and oxygen atoms in total. The Morgan fingerprint density at radius 3 is 2.76 bits per heavy atom. The number of amides is 1. The molecule has 1 atom stereocenters. The van der Waals surface area contributed by atoms with Gasteiger partial charge in [0.05, 0.1) is 0 Å². The van der Waals surface area contributed by atoms with Crippen LogP contribution in [0.2, 0.25) is 0 Å². The first-order valence-electron chi connectivity index (χ1n) is 7.97. The van der Waals surface area contributed by atoms with E-state index in [-0.39, 0.29) is 23.8 Å². The van der Waals surface area contributed by atoms with E-state index in [0.29, 0.717) is 6.54 Å². The number of hydrogen-bond acceptors (Lipinski definition) is 2. The van der Waals surface area contributed by atoms with Crippen LogP contribution in [-0.4, -0.2) is 24.2 Å². The molecule has 2 rings (SSSR count). The van der Waals surface area contributed by atoms with E-state index in [1.54, 1.807) is 0 Å². The fraction of sp³-hybridized carbons (Fsp3) is 0.611. The Bertz CT molecular complexity index is 482. The third-order valence-electron chi connectivity index (χ3n) is 4.47. The van der Waals surface area contributed by atoms with Crippen molar-refractivity contribution < 1.29 is 9.90 Å². The van der Waals surface area contributed by atoms with Gasteiger partial charge in [-0.05, 0) is 48.6 Å². The highest BCUT2D eigenvalue weighted by Crippen LogP contribution is 2.26. The quantitative estimate of drug-likeness (QED) is 0.846. The van der Waals surface area contributed by atoms with Crippen molar-refractivity contribution in [1.29, 1.82) is 0 Å². The number of hydrogen-bond donors (Lipinski definition) is 2. The van der Waals surface area contributed by atoms with E-state index in [4.69, 9.17) is 5.11 Å². The van der Waals surface area contributed by atoms with E-state index >= 15 is 0 Å². The summed E-state index contributed by atoms with van der Waals surface area (Å²) in [7, 11) is 0. The fourth-order valence-corrected chi connectivity index (χ4v) is 3.04. The predicted molar refractivity (Wildman–Crippen MR) is 85.1 cm³/mol. The van der Waals surface area contributed by atoms with Gasteiger partial charge in [-0.25, -0.2) is 0 Å². The maximum absolute atomic E-state index is 12.4. The van der Waals surface area contributed by atoms with Crippen LogP contribution in [0.5, 0.6) is 0 Å². The van der Waals surface area contributed by atoms with Crippen LogP contribution in [0.1, 0.15) is 44.2 Å². The zero-order valence-corrected chi connectivity index (χ0v) is 13.2. The number of aliphatic hydroxyl groups is 1. The van der Waals surface area contributed by atoms with Crippen molar-refractivity contribution in [2.45, 2.75) is 46.0 Å². The van der Waals surface area contributed by atoms with Gasteiger partial charge in [0.25, 0.3) is 0 Å². The molecule has 1 amide bonds. The zero-order chi connectivity index (χ0) is 15.3.